The van der Waals surface area contributed by atoms with Crippen LogP contribution >= 0.6 is 15.9 Å². The molecule has 1 aliphatic heterocycles. The van der Waals surface area contributed by atoms with Gasteiger partial charge >= 0.3 is 0 Å². The van der Waals surface area contributed by atoms with Crippen LogP contribution in [0.1, 0.15) is 18.4 Å². The van der Waals surface area contributed by atoms with Gasteiger partial charge in [-0.15, -0.1) is 0 Å². The molecule has 2 rings (SSSR count). The largest absolute Gasteiger partial charge is 0.372 e. The lowest BCUT2D eigenvalue weighted by atomic mass is 10.1. The molecule has 2 amide bonds. The molecule has 18 heavy (non-hydrogen) atoms. The Morgan fingerprint density at radius 2 is 2.33 bits per heavy atom. The van der Waals surface area contributed by atoms with E-state index in [9.17, 15) is 14.0 Å². The second kappa shape index (κ2) is 5.43. The monoisotopic (exact) mass is 315 g/mol. The van der Waals surface area contributed by atoms with Gasteiger partial charge in [0.2, 0.25) is 17.8 Å². The second-order valence-corrected chi connectivity index (χ2v) is 4.52. The van der Waals surface area contributed by atoms with Crippen LogP contribution in [-0.4, -0.2) is 22.8 Å². The highest BCUT2D eigenvalue weighted by Gasteiger charge is 2.26. The van der Waals surface area contributed by atoms with Crippen LogP contribution in [0.5, 0.6) is 0 Å². The molecule has 1 aromatic rings. The molecule has 1 aliphatic rings. The number of anilines is 1. The minimum atomic E-state index is -0.541. The lowest BCUT2D eigenvalue weighted by molar-refractivity contribution is -0.133. The van der Waals surface area contributed by atoms with Crippen molar-refractivity contribution in [1.29, 1.82) is 0 Å². The molecule has 1 aromatic heterocycles. The fraction of sp³-hybridized carbons (Fsp3) is 0.364. The smallest absolute Gasteiger partial charge is 0.249 e. The Bertz CT molecular complexity index is 495. The van der Waals surface area contributed by atoms with E-state index >= 15 is 0 Å². The fourth-order valence-corrected chi connectivity index (χ4v) is 2.09. The Balaban J connectivity index is 2.09. The van der Waals surface area contributed by atoms with Gasteiger partial charge in [-0.2, -0.15) is 4.39 Å². The summed E-state index contributed by atoms with van der Waals surface area (Å²) in [7, 11) is 0. The van der Waals surface area contributed by atoms with Gasteiger partial charge in [0.1, 0.15) is 6.04 Å². The summed E-state index contributed by atoms with van der Waals surface area (Å²) in [5.74, 6) is -1.17. The molecule has 1 fully saturated rings. The Labute approximate surface area is 111 Å². The highest BCUT2D eigenvalue weighted by Crippen LogP contribution is 2.17. The summed E-state index contributed by atoms with van der Waals surface area (Å²) in [4.78, 5) is 26.1. The number of rotatable bonds is 3. The molecule has 2 heterocycles. The van der Waals surface area contributed by atoms with Crippen molar-refractivity contribution in [1.82, 2.24) is 10.3 Å². The van der Waals surface area contributed by atoms with Crippen LogP contribution in [0.3, 0.4) is 0 Å². The zero-order chi connectivity index (χ0) is 13.1. The van der Waals surface area contributed by atoms with Gasteiger partial charge in [-0.3, -0.25) is 14.9 Å². The molecule has 1 unspecified atom stereocenters. The molecule has 7 heteroatoms. The van der Waals surface area contributed by atoms with E-state index in [4.69, 9.17) is 0 Å². The van der Waals surface area contributed by atoms with Gasteiger partial charge in [0.05, 0.1) is 11.9 Å². The van der Waals surface area contributed by atoms with E-state index < -0.39 is 12.0 Å². The number of alkyl halides is 1. The van der Waals surface area contributed by atoms with Crippen LogP contribution in [0.25, 0.3) is 0 Å². The average Bonchev–Trinajstić information content (AvgIpc) is 2.35. The molecule has 2 N–H and O–H groups in total. The number of carbonyl (C=O) groups is 2. The van der Waals surface area contributed by atoms with E-state index in [1.807, 2.05) is 0 Å². The number of nitrogens with zero attached hydrogens (tertiary/aromatic N) is 1. The molecule has 0 spiro atoms. The van der Waals surface area contributed by atoms with Crippen LogP contribution in [-0.2, 0) is 14.9 Å². The summed E-state index contributed by atoms with van der Waals surface area (Å²) < 4.78 is 13.2. The third kappa shape index (κ3) is 2.84. The molecule has 0 saturated carbocycles. The third-order valence-electron chi connectivity index (χ3n) is 2.64. The molecule has 1 saturated heterocycles. The Hall–Kier alpha value is -1.50. The van der Waals surface area contributed by atoms with Crippen molar-refractivity contribution in [2.75, 3.05) is 5.32 Å². The predicted molar refractivity (Wildman–Crippen MR) is 66.6 cm³/mol. The number of hydrogen-bond acceptors (Lipinski definition) is 4. The third-order valence-corrected chi connectivity index (χ3v) is 3.24. The second-order valence-electron chi connectivity index (χ2n) is 3.96. The van der Waals surface area contributed by atoms with Gasteiger partial charge in [0, 0.05) is 17.3 Å². The van der Waals surface area contributed by atoms with Crippen LogP contribution in [0.2, 0.25) is 0 Å². The summed E-state index contributed by atoms with van der Waals surface area (Å²) in [6.07, 6.45) is 2.04. The minimum Gasteiger partial charge on any atom is -0.372 e. The zero-order valence-electron chi connectivity index (χ0n) is 9.37. The van der Waals surface area contributed by atoms with Crippen LogP contribution in [0.15, 0.2) is 12.3 Å². The first-order chi connectivity index (χ1) is 8.60. The Morgan fingerprint density at radius 3 is 3.00 bits per heavy atom. The van der Waals surface area contributed by atoms with Gasteiger partial charge in [0.15, 0.2) is 0 Å². The number of halogens is 2. The van der Waals surface area contributed by atoms with Gasteiger partial charge < -0.3 is 5.32 Å². The molecule has 0 bridgehead atoms. The van der Waals surface area contributed by atoms with Gasteiger partial charge in [-0.1, -0.05) is 15.9 Å². The maximum atomic E-state index is 13.2. The lowest BCUT2D eigenvalue weighted by Crippen LogP contribution is -2.47. The maximum absolute atomic E-state index is 13.2. The van der Waals surface area contributed by atoms with Crippen molar-refractivity contribution < 1.29 is 14.0 Å². The molecular weight excluding hydrogens is 305 g/mol. The number of piperidine rings is 1. The number of pyridine rings is 1. The zero-order valence-corrected chi connectivity index (χ0v) is 11.0. The quantitative estimate of drug-likeness (QED) is 0.501. The van der Waals surface area contributed by atoms with Crippen molar-refractivity contribution in [3.05, 3.63) is 23.8 Å². The fourth-order valence-electron chi connectivity index (χ4n) is 1.70. The summed E-state index contributed by atoms with van der Waals surface area (Å²) >= 11 is 3.16. The molecular formula is C11H11BrFN3O2. The highest BCUT2D eigenvalue weighted by molar-refractivity contribution is 9.08. The maximum Gasteiger partial charge on any atom is 0.249 e. The van der Waals surface area contributed by atoms with Gasteiger partial charge in [0.25, 0.3) is 0 Å². The Morgan fingerprint density at radius 1 is 1.56 bits per heavy atom. The van der Waals surface area contributed by atoms with E-state index in [0.717, 1.165) is 0 Å². The molecule has 1 atom stereocenters. The first-order valence-corrected chi connectivity index (χ1v) is 6.53. The van der Waals surface area contributed by atoms with E-state index in [1.165, 1.54) is 6.20 Å². The molecule has 96 valence electrons. The first-order valence-electron chi connectivity index (χ1n) is 5.41. The van der Waals surface area contributed by atoms with Crippen molar-refractivity contribution in [2.45, 2.75) is 24.2 Å². The standard InChI is InChI=1S/C11H11BrFN3O2/c12-4-6-3-7(5-14-10(6)13)15-8-1-2-9(17)16-11(8)18/h3,5,8,15H,1-2,4H2,(H,16,17,18). The summed E-state index contributed by atoms with van der Waals surface area (Å²) in [5, 5.41) is 5.53. The lowest BCUT2D eigenvalue weighted by Gasteiger charge is -2.22. The topological polar surface area (TPSA) is 71.1 Å². The molecule has 0 aromatic carbocycles. The minimum absolute atomic E-state index is 0.267. The predicted octanol–water partition coefficient (Wildman–Crippen LogP) is 1.33. The SMILES string of the molecule is O=C1CCC(Nc2cnc(F)c(CBr)c2)C(=O)N1. The van der Waals surface area contributed by atoms with Gasteiger partial charge in [-0.25, -0.2) is 4.98 Å². The van der Waals surface area contributed by atoms with E-state index in [2.05, 4.69) is 31.5 Å². The highest BCUT2D eigenvalue weighted by atomic mass is 79.9. The van der Waals surface area contributed by atoms with E-state index in [0.29, 0.717) is 29.4 Å². The normalized spacial score (nSPS) is 19.6. The van der Waals surface area contributed by atoms with Crippen LogP contribution in [0, 0.1) is 5.95 Å². The molecule has 5 nitrogen and oxygen atoms in total. The number of amides is 2. The van der Waals surface area contributed by atoms with Crippen LogP contribution in [0.4, 0.5) is 10.1 Å². The summed E-state index contributed by atoms with van der Waals surface area (Å²) in [6, 6.07) is 1.10. The molecule has 0 aliphatic carbocycles. The average molecular weight is 316 g/mol. The Kier molecular flexibility index (Phi) is 3.90. The van der Waals surface area contributed by atoms with E-state index in [-0.39, 0.29) is 11.8 Å². The first kappa shape index (κ1) is 12.9. The number of imide groups is 1. The number of hydrogen-bond donors (Lipinski definition) is 2. The number of carbonyl (C=O) groups excluding carboxylic acids is 2. The summed E-state index contributed by atoms with van der Waals surface area (Å²) in [5.41, 5.74) is 0.965. The van der Waals surface area contributed by atoms with E-state index in [1.54, 1.807) is 6.07 Å². The van der Waals surface area contributed by atoms with Crippen molar-refractivity contribution in [3.8, 4) is 0 Å². The number of aromatic nitrogens is 1. The van der Waals surface area contributed by atoms with Crippen molar-refractivity contribution in [2.24, 2.45) is 0 Å². The summed E-state index contributed by atoms with van der Waals surface area (Å²) in [6.45, 7) is 0. The van der Waals surface area contributed by atoms with Crippen molar-refractivity contribution >= 4 is 33.4 Å². The van der Waals surface area contributed by atoms with Crippen molar-refractivity contribution in [3.63, 3.8) is 0 Å². The van der Waals surface area contributed by atoms with Gasteiger partial charge in [-0.05, 0) is 12.5 Å². The number of nitrogens with one attached hydrogen (secondary N) is 2. The molecule has 0 radical (unpaired) electrons. The van der Waals surface area contributed by atoms with Crippen LogP contribution < -0.4 is 10.6 Å².